The minimum Gasteiger partial charge on any atom is -0.366 e. The largest absolute Gasteiger partial charge is 0.366 e. The van der Waals surface area contributed by atoms with Crippen LogP contribution in [0.2, 0.25) is 0 Å². The predicted molar refractivity (Wildman–Crippen MR) is 46.3 cm³/mol. The van der Waals surface area contributed by atoms with Crippen LogP contribution >= 0.6 is 0 Å². The van der Waals surface area contributed by atoms with Gasteiger partial charge in [0.25, 0.3) is 11.6 Å². The first-order valence-corrected chi connectivity index (χ1v) is 3.68. The lowest BCUT2D eigenvalue weighted by Crippen LogP contribution is -2.14. The van der Waals surface area contributed by atoms with Crippen molar-refractivity contribution in [3.05, 3.63) is 39.2 Å². The van der Waals surface area contributed by atoms with E-state index in [2.05, 4.69) is 0 Å². The zero-order chi connectivity index (χ0) is 10.9. The molecule has 1 aromatic carbocycles. The average molecular weight is 198 g/mol. The third-order valence-corrected chi connectivity index (χ3v) is 1.82. The highest BCUT2D eigenvalue weighted by Gasteiger charge is 2.19. The van der Waals surface area contributed by atoms with E-state index in [0.717, 1.165) is 12.1 Å². The maximum atomic E-state index is 13.3. The maximum Gasteiger partial charge on any atom is 0.275 e. The van der Waals surface area contributed by atoms with Crippen molar-refractivity contribution in [2.45, 2.75) is 6.92 Å². The molecule has 0 unspecified atom stereocenters. The van der Waals surface area contributed by atoms with Crippen LogP contribution in [0.25, 0.3) is 0 Å². The SMILES string of the molecule is Cc1c([N+](=O)[O-])ccc(C(N)=O)c1F. The van der Waals surface area contributed by atoms with Gasteiger partial charge in [0.05, 0.1) is 16.1 Å². The minimum atomic E-state index is -0.944. The number of nitrogens with two attached hydrogens (primary N) is 1. The van der Waals surface area contributed by atoms with Crippen molar-refractivity contribution in [2.24, 2.45) is 5.73 Å². The Kier molecular flexibility index (Phi) is 2.46. The standard InChI is InChI=1S/C8H7FN2O3/c1-4-6(11(13)14)3-2-5(7(4)9)8(10)12/h2-3H,1H3,(H2,10,12). The van der Waals surface area contributed by atoms with Gasteiger partial charge in [-0.2, -0.15) is 0 Å². The molecule has 0 spiro atoms. The van der Waals surface area contributed by atoms with E-state index < -0.39 is 16.6 Å². The Morgan fingerprint density at radius 3 is 2.57 bits per heavy atom. The molecular weight excluding hydrogens is 191 g/mol. The molecule has 1 rings (SSSR count). The van der Waals surface area contributed by atoms with E-state index in [4.69, 9.17) is 5.73 Å². The molecule has 14 heavy (non-hydrogen) atoms. The number of nitro groups is 1. The van der Waals surface area contributed by atoms with Crippen LogP contribution in [0.5, 0.6) is 0 Å². The number of benzene rings is 1. The number of hydrogen-bond acceptors (Lipinski definition) is 3. The van der Waals surface area contributed by atoms with Gasteiger partial charge in [0.15, 0.2) is 0 Å². The third-order valence-electron chi connectivity index (χ3n) is 1.82. The van der Waals surface area contributed by atoms with E-state index in [9.17, 15) is 19.3 Å². The van der Waals surface area contributed by atoms with E-state index in [-0.39, 0.29) is 16.8 Å². The first-order chi connectivity index (χ1) is 6.45. The van der Waals surface area contributed by atoms with Gasteiger partial charge in [0.2, 0.25) is 0 Å². The predicted octanol–water partition coefficient (Wildman–Crippen LogP) is 1.14. The van der Waals surface area contributed by atoms with Crippen LogP contribution in [0, 0.1) is 22.9 Å². The number of carbonyl (C=O) groups excluding carboxylic acids is 1. The number of primary amides is 1. The summed E-state index contributed by atoms with van der Waals surface area (Å²) in [6, 6.07) is 2.06. The summed E-state index contributed by atoms with van der Waals surface area (Å²) >= 11 is 0. The molecule has 0 aliphatic heterocycles. The fourth-order valence-electron chi connectivity index (χ4n) is 1.06. The molecule has 0 heterocycles. The molecular formula is C8H7FN2O3. The van der Waals surface area contributed by atoms with Gasteiger partial charge >= 0.3 is 0 Å². The molecule has 0 bridgehead atoms. The lowest BCUT2D eigenvalue weighted by molar-refractivity contribution is -0.385. The van der Waals surface area contributed by atoms with Crippen molar-refractivity contribution in [3.63, 3.8) is 0 Å². The molecule has 0 radical (unpaired) electrons. The number of carbonyl (C=O) groups is 1. The highest BCUT2D eigenvalue weighted by Crippen LogP contribution is 2.22. The Bertz CT molecular complexity index is 378. The highest BCUT2D eigenvalue weighted by molar-refractivity contribution is 5.93. The lowest BCUT2D eigenvalue weighted by Gasteiger charge is -2.02. The second-order valence-corrected chi connectivity index (χ2v) is 2.69. The summed E-state index contributed by atoms with van der Waals surface area (Å²) in [5.41, 5.74) is 3.96. The quantitative estimate of drug-likeness (QED) is 0.571. The van der Waals surface area contributed by atoms with Gasteiger partial charge < -0.3 is 5.73 Å². The first kappa shape index (κ1) is 10.1. The molecule has 1 aromatic rings. The topological polar surface area (TPSA) is 86.2 Å². The summed E-state index contributed by atoms with van der Waals surface area (Å²) in [7, 11) is 0. The van der Waals surface area contributed by atoms with E-state index >= 15 is 0 Å². The van der Waals surface area contributed by atoms with Crippen LogP contribution in [0.4, 0.5) is 10.1 Å². The van der Waals surface area contributed by atoms with Crippen molar-refractivity contribution in [1.29, 1.82) is 0 Å². The summed E-state index contributed by atoms with van der Waals surface area (Å²) < 4.78 is 13.3. The van der Waals surface area contributed by atoms with Crippen molar-refractivity contribution >= 4 is 11.6 Å². The molecule has 0 aliphatic rings. The Morgan fingerprint density at radius 1 is 1.57 bits per heavy atom. The molecule has 74 valence electrons. The molecule has 0 fully saturated rings. The van der Waals surface area contributed by atoms with Crippen LogP contribution in [-0.4, -0.2) is 10.8 Å². The lowest BCUT2D eigenvalue weighted by atomic mass is 10.1. The van der Waals surface area contributed by atoms with Crippen LogP contribution in [0.3, 0.4) is 0 Å². The molecule has 0 saturated carbocycles. The van der Waals surface area contributed by atoms with E-state index in [1.54, 1.807) is 0 Å². The van der Waals surface area contributed by atoms with Crippen molar-refractivity contribution in [1.82, 2.24) is 0 Å². The number of nitro benzene ring substituents is 1. The second-order valence-electron chi connectivity index (χ2n) is 2.69. The van der Waals surface area contributed by atoms with Gasteiger partial charge in [0.1, 0.15) is 5.82 Å². The molecule has 0 aliphatic carbocycles. The number of hydrogen-bond donors (Lipinski definition) is 1. The van der Waals surface area contributed by atoms with Crippen LogP contribution in [0.1, 0.15) is 15.9 Å². The van der Waals surface area contributed by atoms with Crippen molar-refractivity contribution in [3.8, 4) is 0 Å². The highest BCUT2D eigenvalue weighted by atomic mass is 19.1. The fraction of sp³-hybridized carbons (Fsp3) is 0.125. The van der Waals surface area contributed by atoms with Gasteiger partial charge in [0, 0.05) is 6.07 Å². The van der Waals surface area contributed by atoms with Gasteiger partial charge in [-0.1, -0.05) is 0 Å². The first-order valence-electron chi connectivity index (χ1n) is 3.68. The minimum absolute atomic E-state index is 0.189. The molecule has 1 amide bonds. The van der Waals surface area contributed by atoms with Crippen molar-refractivity contribution < 1.29 is 14.1 Å². The number of nitrogens with zero attached hydrogens (tertiary/aromatic N) is 1. The Morgan fingerprint density at radius 2 is 2.14 bits per heavy atom. The molecule has 0 saturated heterocycles. The normalized spacial score (nSPS) is 9.86. The van der Waals surface area contributed by atoms with Crippen LogP contribution < -0.4 is 5.73 Å². The fourth-order valence-corrected chi connectivity index (χ4v) is 1.06. The zero-order valence-electron chi connectivity index (χ0n) is 7.28. The molecule has 2 N–H and O–H groups in total. The number of rotatable bonds is 2. The van der Waals surface area contributed by atoms with E-state index in [0.29, 0.717) is 0 Å². The summed E-state index contributed by atoms with van der Waals surface area (Å²) in [4.78, 5) is 20.3. The second kappa shape index (κ2) is 3.41. The number of amides is 1. The van der Waals surface area contributed by atoms with Gasteiger partial charge in [-0.15, -0.1) is 0 Å². The molecule has 5 nitrogen and oxygen atoms in total. The van der Waals surface area contributed by atoms with Crippen LogP contribution in [0.15, 0.2) is 12.1 Å². The zero-order valence-corrected chi connectivity index (χ0v) is 7.28. The monoisotopic (exact) mass is 198 g/mol. The van der Waals surface area contributed by atoms with Crippen molar-refractivity contribution in [2.75, 3.05) is 0 Å². The van der Waals surface area contributed by atoms with Crippen LogP contribution in [-0.2, 0) is 0 Å². The third kappa shape index (κ3) is 1.54. The molecule has 6 heteroatoms. The smallest absolute Gasteiger partial charge is 0.275 e. The summed E-state index contributed by atoms with van der Waals surface area (Å²) in [5, 5.41) is 10.4. The molecule has 0 aromatic heterocycles. The Hall–Kier alpha value is -1.98. The Labute approximate surface area is 78.5 Å². The summed E-state index contributed by atoms with van der Waals surface area (Å²) in [5.74, 6) is -1.88. The van der Waals surface area contributed by atoms with Gasteiger partial charge in [-0.05, 0) is 13.0 Å². The maximum absolute atomic E-state index is 13.3. The molecule has 0 atom stereocenters. The van der Waals surface area contributed by atoms with E-state index in [1.807, 2.05) is 0 Å². The average Bonchev–Trinajstić information content (AvgIpc) is 2.08. The summed E-state index contributed by atoms with van der Waals surface area (Å²) in [6.45, 7) is 1.22. The van der Waals surface area contributed by atoms with Gasteiger partial charge in [-0.3, -0.25) is 14.9 Å². The summed E-state index contributed by atoms with van der Waals surface area (Å²) in [6.07, 6.45) is 0. The Balaban J connectivity index is 3.41. The number of halogens is 1. The van der Waals surface area contributed by atoms with Gasteiger partial charge in [-0.25, -0.2) is 4.39 Å². The van der Waals surface area contributed by atoms with E-state index in [1.165, 1.54) is 6.92 Å².